The molecule has 24 heavy (non-hydrogen) atoms. The van der Waals surface area contributed by atoms with Crippen molar-refractivity contribution >= 4 is 0 Å². The van der Waals surface area contributed by atoms with Crippen LogP contribution in [0.15, 0.2) is 48.7 Å². The Morgan fingerprint density at radius 2 is 1.62 bits per heavy atom. The molecule has 1 aromatic carbocycles. The average Bonchev–Trinajstić information content (AvgIpc) is 2.65. The van der Waals surface area contributed by atoms with Gasteiger partial charge in [-0.2, -0.15) is 0 Å². The summed E-state index contributed by atoms with van der Waals surface area (Å²) >= 11 is 0. The number of hydrogen-bond donors (Lipinski definition) is 0. The van der Waals surface area contributed by atoms with Gasteiger partial charge in [0.2, 0.25) is 0 Å². The van der Waals surface area contributed by atoms with Crippen LogP contribution in [0, 0.1) is 0 Å². The summed E-state index contributed by atoms with van der Waals surface area (Å²) in [7, 11) is 1.67. The highest BCUT2D eigenvalue weighted by atomic mass is 16.5. The second kappa shape index (κ2) is 8.66. The predicted octanol–water partition coefficient (Wildman–Crippen LogP) is 2.29. The van der Waals surface area contributed by atoms with Crippen molar-refractivity contribution in [3.05, 3.63) is 54.4 Å². The summed E-state index contributed by atoms with van der Waals surface area (Å²) in [6.45, 7) is 6.95. The molecule has 5 heteroatoms. The van der Waals surface area contributed by atoms with Crippen molar-refractivity contribution in [3.63, 3.8) is 0 Å². The monoisotopic (exact) mass is 327 g/mol. The molecule has 0 N–H and O–H groups in total. The van der Waals surface area contributed by atoms with Crippen molar-refractivity contribution in [1.29, 1.82) is 0 Å². The van der Waals surface area contributed by atoms with Crippen LogP contribution in [0.4, 0.5) is 0 Å². The molecular weight excluding hydrogens is 302 g/mol. The lowest BCUT2D eigenvalue weighted by Gasteiger charge is -2.34. The van der Waals surface area contributed by atoms with Crippen molar-refractivity contribution in [2.24, 2.45) is 0 Å². The fraction of sp³-hybridized carbons (Fsp3) is 0.421. The zero-order chi connectivity index (χ0) is 16.6. The zero-order valence-electron chi connectivity index (χ0n) is 14.2. The van der Waals surface area contributed by atoms with Gasteiger partial charge in [-0.05, 0) is 36.4 Å². The van der Waals surface area contributed by atoms with E-state index in [1.807, 2.05) is 36.5 Å². The Balaban J connectivity index is 1.35. The maximum Gasteiger partial charge on any atom is 0.119 e. The highest BCUT2D eigenvalue weighted by Gasteiger charge is 2.17. The first-order chi connectivity index (χ1) is 11.8. The molecule has 1 aliphatic rings. The summed E-state index contributed by atoms with van der Waals surface area (Å²) < 4.78 is 11.0. The van der Waals surface area contributed by atoms with Crippen LogP contribution in [0.1, 0.15) is 5.69 Å². The number of nitrogens with zero attached hydrogens (tertiary/aromatic N) is 3. The van der Waals surface area contributed by atoms with Crippen LogP contribution in [0.25, 0.3) is 0 Å². The normalized spacial score (nSPS) is 16.0. The van der Waals surface area contributed by atoms with Gasteiger partial charge in [0.15, 0.2) is 0 Å². The molecule has 1 saturated heterocycles. The van der Waals surface area contributed by atoms with E-state index in [9.17, 15) is 0 Å². The lowest BCUT2D eigenvalue weighted by Crippen LogP contribution is -2.47. The molecule has 0 amide bonds. The highest BCUT2D eigenvalue weighted by Crippen LogP contribution is 2.17. The smallest absolute Gasteiger partial charge is 0.119 e. The fourth-order valence-corrected chi connectivity index (χ4v) is 2.86. The zero-order valence-corrected chi connectivity index (χ0v) is 14.2. The van der Waals surface area contributed by atoms with Crippen LogP contribution >= 0.6 is 0 Å². The first-order valence-electron chi connectivity index (χ1n) is 8.45. The second-order valence-corrected chi connectivity index (χ2v) is 5.96. The molecular formula is C19H25N3O2. The SMILES string of the molecule is COc1ccc(OCCN2CCN(Cc3ccccn3)CC2)cc1. The molecule has 2 heterocycles. The van der Waals surface area contributed by atoms with Crippen LogP contribution in [0.5, 0.6) is 11.5 Å². The quantitative estimate of drug-likeness (QED) is 0.780. The van der Waals surface area contributed by atoms with Crippen molar-refractivity contribution in [1.82, 2.24) is 14.8 Å². The van der Waals surface area contributed by atoms with Gasteiger partial charge < -0.3 is 9.47 Å². The van der Waals surface area contributed by atoms with Crippen molar-refractivity contribution in [2.75, 3.05) is 46.4 Å². The molecule has 128 valence electrons. The van der Waals surface area contributed by atoms with E-state index < -0.39 is 0 Å². The number of rotatable bonds is 7. The lowest BCUT2D eigenvalue weighted by molar-refractivity contribution is 0.111. The Morgan fingerprint density at radius 1 is 0.917 bits per heavy atom. The van der Waals surface area contributed by atoms with Crippen LogP contribution < -0.4 is 9.47 Å². The summed E-state index contributed by atoms with van der Waals surface area (Å²) in [6, 6.07) is 13.8. The van der Waals surface area contributed by atoms with E-state index in [0.717, 1.165) is 56.5 Å². The standard InChI is InChI=1S/C19H25N3O2/c1-23-18-5-7-19(8-6-18)24-15-14-21-10-12-22(13-11-21)16-17-4-2-3-9-20-17/h2-9H,10-16H2,1H3. The van der Waals surface area contributed by atoms with Crippen molar-refractivity contribution < 1.29 is 9.47 Å². The molecule has 0 radical (unpaired) electrons. The van der Waals surface area contributed by atoms with Gasteiger partial charge in [-0.25, -0.2) is 0 Å². The van der Waals surface area contributed by atoms with E-state index >= 15 is 0 Å². The van der Waals surface area contributed by atoms with Crippen LogP contribution in [0.2, 0.25) is 0 Å². The molecule has 0 spiro atoms. The number of methoxy groups -OCH3 is 1. The molecule has 0 unspecified atom stereocenters. The minimum Gasteiger partial charge on any atom is -0.497 e. The van der Waals surface area contributed by atoms with Gasteiger partial charge in [-0.3, -0.25) is 14.8 Å². The van der Waals surface area contributed by atoms with Gasteiger partial charge in [0.25, 0.3) is 0 Å². The topological polar surface area (TPSA) is 37.8 Å². The third-order valence-corrected chi connectivity index (χ3v) is 4.31. The van der Waals surface area contributed by atoms with Gasteiger partial charge in [0.1, 0.15) is 18.1 Å². The third kappa shape index (κ3) is 4.94. The molecule has 1 aromatic heterocycles. The first-order valence-corrected chi connectivity index (χ1v) is 8.45. The van der Waals surface area contributed by atoms with Crippen LogP contribution in [-0.2, 0) is 6.54 Å². The van der Waals surface area contributed by atoms with Gasteiger partial charge in [0, 0.05) is 45.5 Å². The Bertz CT molecular complexity index is 596. The van der Waals surface area contributed by atoms with Crippen LogP contribution in [0.3, 0.4) is 0 Å². The molecule has 5 nitrogen and oxygen atoms in total. The van der Waals surface area contributed by atoms with E-state index in [1.54, 1.807) is 7.11 Å². The summed E-state index contributed by atoms with van der Waals surface area (Å²) in [6.07, 6.45) is 1.86. The number of pyridine rings is 1. The number of benzene rings is 1. The van der Waals surface area contributed by atoms with E-state index in [4.69, 9.17) is 9.47 Å². The maximum absolute atomic E-state index is 5.81. The molecule has 0 saturated carbocycles. The molecule has 0 bridgehead atoms. The van der Waals surface area contributed by atoms with E-state index in [0.29, 0.717) is 6.61 Å². The Hall–Kier alpha value is -2.11. The summed E-state index contributed by atoms with van der Waals surface area (Å²) in [4.78, 5) is 9.32. The van der Waals surface area contributed by atoms with Crippen LogP contribution in [-0.4, -0.2) is 61.2 Å². The molecule has 1 aliphatic heterocycles. The summed E-state index contributed by atoms with van der Waals surface area (Å²) in [5, 5.41) is 0. The molecule has 1 fully saturated rings. The Labute approximate surface area is 143 Å². The fourth-order valence-electron chi connectivity index (χ4n) is 2.86. The molecule has 2 aromatic rings. The average molecular weight is 327 g/mol. The lowest BCUT2D eigenvalue weighted by atomic mass is 10.2. The molecule has 0 atom stereocenters. The van der Waals surface area contributed by atoms with E-state index in [2.05, 4.69) is 26.9 Å². The van der Waals surface area contributed by atoms with Gasteiger partial charge >= 0.3 is 0 Å². The number of hydrogen-bond acceptors (Lipinski definition) is 5. The van der Waals surface area contributed by atoms with E-state index in [-0.39, 0.29) is 0 Å². The molecule has 3 rings (SSSR count). The maximum atomic E-state index is 5.81. The number of aromatic nitrogens is 1. The van der Waals surface area contributed by atoms with Gasteiger partial charge in [0.05, 0.1) is 12.8 Å². The highest BCUT2D eigenvalue weighted by molar-refractivity contribution is 5.31. The largest absolute Gasteiger partial charge is 0.497 e. The molecule has 0 aliphatic carbocycles. The number of piperazine rings is 1. The van der Waals surface area contributed by atoms with Gasteiger partial charge in [-0.15, -0.1) is 0 Å². The van der Waals surface area contributed by atoms with Crippen molar-refractivity contribution in [3.8, 4) is 11.5 Å². The second-order valence-electron chi connectivity index (χ2n) is 5.96. The van der Waals surface area contributed by atoms with Gasteiger partial charge in [-0.1, -0.05) is 6.07 Å². The third-order valence-electron chi connectivity index (χ3n) is 4.31. The Kier molecular flexibility index (Phi) is 6.04. The minimum atomic E-state index is 0.715. The first kappa shape index (κ1) is 16.7. The number of ether oxygens (including phenoxy) is 2. The van der Waals surface area contributed by atoms with Crippen molar-refractivity contribution in [2.45, 2.75) is 6.54 Å². The summed E-state index contributed by atoms with van der Waals surface area (Å²) in [5.74, 6) is 1.75. The minimum absolute atomic E-state index is 0.715. The Morgan fingerprint density at radius 3 is 2.29 bits per heavy atom. The predicted molar refractivity (Wildman–Crippen MR) is 94.4 cm³/mol. The summed E-state index contributed by atoms with van der Waals surface area (Å²) in [5.41, 5.74) is 1.15. The van der Waals surface area contributed by atoms with E-state index in [1.165, 1.54) is 0 Å².